The van der Waals surface area contributed by atoms with Crippen molar-refractivity contribution in [2.75, 3.05) is 38.0 Å². The molecule has 1 N–H and O–H groups in total. The number of anilines is 1. The molecule has 1 amide bonds. The molecule has 2 heterocycles. The fourth-order valence-electron chi connectivity index (χ4n) is 3.71. The van der Waals surface area contributed by atoms with Gasteiger partial charge in [-0.15, -0.1) is 0 Å². The summed E-state index contributed by atoms with van der Waals surface area (Å²) in [4.78, 5) is 21.1. The highest BCUT2D eigenvalue weighted by atomic mass is 19.1. The van der Waals surface area contributed by atoms with Gasteiger partial charge in [-0.3, -0.25) is 14.6 Å². The highest BCUT2D eigenvalue weighted by molar-refractivity contribution is 5.92. The molecular weight excluding hydrogens is 416 g/mol. The topological polar surface area (TPSA) is 74.5 Å². The van der Waals surface area contributed by atoms with Gasteiger partial charge >= 0.3 is 0 Å². The molecule has 1 aromatic heterocycles. The molecule has 0 saturated carbocycles. The molecule has 1 aliphatic rings. The Labute approximate surface area is 185 Å². The van der Waals surface area contributed by atoms with E-state index in [4.69, 9.17) is 4.52 Å². The highest BCUT2D eigenvalue weighted by Gasteiger charge is 2.26. The van der Waals surface area contributed by atoms with Crippen LogP contribution >= 0.6 is 0 Å². The van der Waals surface area contributed by atoms with Crippen molar-refractivity contribution in [3.05, 3.63) is 65.6 Å². The first-order valence-electron chi connectivity index (χ1n) is 10.5. The summed E-state index contributed by atoms with van der Waals surface area (Å²) in [7, 11) is 0. The molecule has 1 atom stereocenters. The molecule has 9 heteroatoms. The summed E-state index contributed by atoms with van der Waals surface area (Å²) >= 11 is 0. The van der Waals surface area contributed by atoms with E-state index in [0.717, 1.165) is 26.2 Å². The molecule has 1 aliphatic heterocycles. The zero-order chi connectivity index (χ0) is 22.7. The molecule has 4 rings (SSSR count). The number of carbonyl (C=O) groups is 1. The van der Waals surface area contributed by atoms with Crippen molar-refractivity contribution in [2.24, 2.45) is 0 Å². The smallest absolute Gasteiger partial charge is 0.244 e. The van der Waals surface area contributed by atoms with E-state index in [2.05, 4.69) is 25.3 Å². The zero-order valence-electron chi connectivity index (χ0n) is 18.0. The van der Waals surface area contributed by atoms with Gasteiger partial charge in [0.25, 0.3) is 0 Å². The third kappa shape index (κ3) is 5.17. The van der Waals surface area contributed by atoms with Gasteiger partial charge in [-0.25, -0.2) is 8.78 Å². The molecule has 168 valence electrons. The summed E-state index contributed by atoms with van der Waals surface area (Å²) in [6.45, 7) is 6.91. The minimum atomic E-state index is -0.339. The molecule has 0 bridgehead atoms. The molecule has 1 fully saturated rings. The number of nitrogens with one attached hydrogen (secondary N) is 1. The lowest BCUT2D eigenvalue weighted by molar-refractivity contribution is -0.117. The zero-order valence-corrected chi connectivity index (χ0v) is 18.0. The lowest BCUT2D eigenvalue weighted by Gasteiger charge is -2.36. The third-order valence-corrected chi connectivity index (χ3v) is 5.67. The second-order valence-electron chi connectivity index (χ2n) is 7.96. The quantitative estimate of drug-likeness (QED) is 0.630. The van der Waals surface area contributed by atoms with Crippen molar-refractivity contribution in [1.82, 2.24) is 19.9 Å². The van der Waals surface area contributed by atoms with E-state index in [9.17, 15) is 13.6 Å². The van der Waals surface area contributed by atoms with Gasteiger partial charge in [0, 0.05) is 37.4 Å². The molecule has 32 heavy (non-hydrogen) atoms. The van der Waals surface area contributed by atoms with Gasteiger partial charge in [0.15, 0.2) is 0 Å². The average Bonchev–Trinajstić information content (AvgIpc) is 3.27. The minimum Gasteiger partial charge on any atom is -0.337 e. The standard InChI is InChI=1S/C23H25F2N5O2/c1-15-13-17(3-8-20(15)25)22-27-23(32-28-22)16(2)30-11-9-29(10-12-30)14-21(31)26-19-6-4-18(24)5-7-19/h3-8,13,16H,9-12,14H2,1-2H3,(H,26,31). The predicted molar refractivity (Wildman–Crippen MR) is 116 cm³/mol. The number of benzene rings is 2. The molecule has 0 radical (unpaired) electrons. The van der Waals surface area contributed by atoms with E-state index in [0.29, 0.717) is 28.5 Å². The van der Waals surface area contributed by atoms with Crippen molar-refractivity contribution in [3.63, 3.8) is 0 Å². The van der Waals surface area contributed by atoms with Crippen molar-refractivity contribution in [1.29, 1.82) is 0 Å². The molecule has 2 aromatic carbocycles. The largest absolute Gasteiger partial charge is 0.337 e. The molecule has 1 unspecified atom stereocenters. The number of aromatic nitrogens is 2. The van der Waals surface area contributed by atoms with Crippen molar-refractivity contribution in [2.45, 2.75) is 19.9 Å². The number of aryl methyl sites for hydroxylation is 1. The van der Waals surface area contributed by atoms with Crippen molar-refractivity contribution in [3.8, 4) is 11.4 Å². The van der Waals surface area contributed by atoms with E-state index in [1.165, 1.54) is 18.2 Å². The van der Waals surface area contributed by atoms with Crippen LogP contribution in [-0.4, -0.2) is 58.6 Å². The lowest BCUT2D eigenvalue weighted by atomic mass is 10.1. The van der Waals surface area contributed by atoms with Crippen LogP contribution in [0.5, 0.6) is 0 Å². The number of carbonyl (C=O) groups excluding carboxylic acids is 1. The second-order valence-corrected chi connectivity index (χ2v) is 7.96. The fraction of sp³-hybridized carbons (Fsp3) is 0.348. The van der Waals surface area contributed by atoms with Crippen LogP contribution in [0.2, 0.25) is 0 Å². The summed E-state index contributed by atoms with van der Waals surface area (Å²) in [6, 6.07) is 10.4. The minimum absolute atomic E-state index is 0.0759. The summed E-state index contributed by atoms with van der Waals surface area (Å²) < 4.78 is 32.0. The van der Waals surface area contributed by atoms with Crippen LogP contribution in [0.1, 0.15) is 24.4 Å². The van der Waals surface area contributed by atoms with E-state index in [1.54, 1.807) is 31.2 Å². The predicted octanol–water partition coefficient (Wildman–Crippen LogP) is 3.64. The molecular formula is C23H25F2N5O2. The Morgan fingerprint density at radius 1 is 1.12 bits per heavy atom. The van der Waals surface area contributed by atoms with Crippen LogP contribution in [-0.2, 0) is 4.79 Å². The Kier molecular flexibility index (Phi) is 6.57. The Bertz CT molecular complexity index is 1080. The number of halogens is 2. The maximum Gasteiger partial charge on any atom is 0.244 e. The number of nitrogens with zero attached hydrogens (tertiary/aromatic N) is 4. The van der Waals surface area contributed by atoms with Crippen LogP contribution in [0.25, 0.3) is 11.4 Å². The summed E-state index contributed by atoms with van der Waals surface area (Å²) in [5, 5.41) is 6.84. The lowest BCUT2D eigenvalue weighted by Crippen LogP contribution is -2.49. The van der Waals surface area contributed by atoms with E-state index in [-0.39, 0.29) is 30.1 Å². The Morgan fingerprint density at radius 2 is 1.84 bits per heavy atom. The van der Waals surface area contributed by atoms with Gasteiger partial charge in [-0.2, -0.15) is 4.98 Å². The molecule has 0 spiro atoms. The average molecular weight is 441 g/mol. The normalized spacial score (nSPS) is 16.1. The van der Waals surface area contributed by atoms with E-state index < -0.39 is 0 Å². The van der Waals surface area contributed by atoms with Gasteiger partial charge in [-0.1, -0.05) is 5.16 Å². The summed E-state index contributed by atoms with van der Waals surface area (Å²) in [5.74, 6) is 0.203. The number of amides is 1. The van der Waals surface area contributed by atoms with Gasteiger partial charge in [0.1, 0.15) is 11.6 Å². The van der Waals surface area contributed by atoms with Gasteiger partial charge in [0.2, 0.25) is 17.6 Å². The van der Waals surface area contributed by atoms with Crippen molar-refractivity contribution >= 4 is 11.6 Å². The first kappa shape index (κ1) is 22.0. The van der Waals surface area contributed by atoms with Crippen LogP contribution in [0, 0.1) is 18.6 Å². The van der Waals surface area contributed by atoms with Gasteiger partial charge in [-0.05, 0) is 61.9 Å². The SMILES string of the molecule is Cc1cc(-c2noc(C(C)N3CCN(CC(=O)Nc4ccc(F)cc4)CC3)n2)ccc1F. The second kappa shape index (κ2) is 9.54. The van der Waals surface area contributed by atoms with Crippen LogP contribution < -0.4 is 5.32 Å². The first-order chi connectivity index (χ1) is 15.4. The number of rotatable bonds is 6. The third-order valence-electron chi connectivity index (χ3n) is 5.67. The van der Waals surface area contributed by atoms with Gasteiger partial charge < -0.3 is 9.84 Å². The summed E-state index contributed by atoms with van der Waals surface area (Å²) in [6.07, 6.45) is 0. The first-order valence-corrected chi connectivity index (χ1v) is 10.5. The number of hydrogen-bond donors (Lipinski definition) is 1. The van der Waals surface area contributed by atoms with E-state index >= 15 is 0 Å². The van der Waals surface area contributed by atoms with Gasteiger partial charge in [0.05, 0.1) is 12.6 Å². The number of piperazine rings is 1. The number of hydrogen-bond acceptors (Lipinski definition) is 6. The Hall–Kier alpha value is -3.17. The van der Waals surface area contributed by atoms with Crippen LogP contribution in [0.15, 0.2) is 47.0 Å². The Morgan fingerprint density at radius 3 is 2.53 bits per heavy atom. The van der Waals surface area contributed by atoms with Crippen LogP contribution in [0.4, 0.5) is 14.5 Å². The van der Waals surface area contributed by atoms with Crippen molar-refractivity contribution < 1.29 is 18.1 Å². The fourth-order valence-corrected chi connectivity index (χ4v) is 3.71. The summed E-state index contributed by atoms with van der Waals surface area (Å²) in [5.41, 5.74) is 1.82. The Balaban J connectivity index is 1.29. The maximum atomic E-state index is 13.5. The molecule has 0 aliphatic carbocycles. The monoisotopic (exact) mass is 441 g/mol. The van der Waals surface area contributed by atoms with Crippen LogP contribution in [0.3, 0.4) is 0 Å². The molecule has 3 aromatic rings. The molecule has 7 nitrogen and oxygen atoms in total. The van der Waals surface area contributed by atoms with E-state index in [1.807, 2.05) is 6.92 Å². The molecule has 1 saturated heterocycles. The maximum absolute atomic E-state index is 13.5. The highest BCUT2D eigenvalue weighted by Crippen LogP contribution is 2.24.